The van der Waals surface area contributed by atoms with Crippen molar-refractivity contribution >= 4 is 17.4 Å². The van der Waals surface area contributed by atoms with Crippen molar-refractivity contribution in [1.82, 2.24) is 4.98 Å². The van der Waals surface area contributed by atoms with Crippen molar-refractivity contribution in [3.63, 3.8) is 0 Å². The van der Waals surface area contributed by atoms with Crippen LogP contribution >= 0.6 is 0 Å². The maximum Gasteiger partial charge on any atom is 0.227 e. The molecule has 0 radical (unpaired) electrons. The summed E-state index contributed by atoms with van der Waals surface area (Å²) in [6, 6.07) is 13.0. The highest BCUT2D eigenvalue weighted by atomic mass is 16.3. The number of nitrogens with one attached hydrogen (secondary N) is 1. The number of aryl methyl sites for hydroxylation is 1. The minimum absolute atomic E-state index is 0.0251. The number of hydrogen-bond donors (Lipinski definition) is 2. The van der Waals surface area contributed by atoms with E-state index in [0.717, 1.165) is 30.2 Å². The minimum Gasteiger partial charge on any atom is -0.388 e. The lowest BCUT2D eigenvalue weighted by Gasteiger charge is -2.18. The Morgan fingerprint density at radius 2 is 1.92 bits per heavy atom. The number of hydrogen-bond acceptors (Lipinski definition) is 4. The van der Waals surface area contributed by atoms with E-state index in [0.29, 0.717) is 5.69 Å². The molecule has 2 N–H and O–H groups in total. The van der Waals surface area contributed by atoms with E-state index in [-0.39, 0.29) is 12.3 Å². The van der Waals surface area contributed by atoms with E-state index in [9.17, 15) is 9.90 Å². The van der Waals surface area contributed by atoms with Crippen LogP contribution in [0.5, 0.6) is 0 Å². The maximum atomic E-state index is 12.2. The molecule has 5 heteroatoms. The molecule has 1 aliphatic rings. The molecule has 1 amide bonds. The quantitative estimate of drug-likeness (QED) is 0.887. The van der Waals surface area contributed by atoms with Crippen LogP contribution in [0.2, 0.25) is 0 Å². The van der Waals surface area contributed by atoms with Crippen molar-refractivity contribution in [2.45, 2.75) is 32.3 Å². The third-order valence-corrected chi connectivity index (χ3v) is 4.34. The van der Waals surface area contributed by atoms with Crippen LogP contribution in [0.25, 0.3) is 0 Å². The molecule has 1 saturated heterocycles. The Morgan fingerprint density at radius 3 is 2.58 bits per heavy atom. The Balaban J connectivity index is 1.61. The molecule has 1 aliphatic heterocycles. The second kappa shape index (κ2) is 7.45. The average molecular weight is 325 g/mol. The molecule has 126 valence electrons. The van der Waals surface area contributed by atoms with Crippen LogP contribution in [0.4, 0.5) is 11.5 Å². The highest BCUT2D eigenvalue weighted by Gasteiger charge is 2.16. The molecule has 1 aromatic heterocycles. The minimum atomic E-state index is -0.802. The van der Waals surface area contributed by atoms with Crippen LogP contribution in [-0.4, -0.2) is 29.1 Å². The van der Waals surface area contributed by atoms with E-state index in [1.165, 1.54) is 12.8 Å². The van der Waals surface area contributed by atoms with Crippen LogP contribution in [-0.2, 0) is 4.79 Å². The van der Waals surface area contributed by atoms with Gasteiger partial charge in [0.25, 0.3) is 0 Å². The first-order valence-electron chi connectivity index (χ1n) is 8.39. The lowest BCUT2D eigenvalue weighted by atomic mass is 10.1. The number of aliphatic hydroxyl groups excluding tert-OH is 1. The van der Waals surface area contributed by atoms with Gasteiger partial charge in [-0.2, -0.15) is 0 Å². The van der Waals surface area contributed by atoms with Gasteiger partial charge >= 0.3 is 0 Å². The van der Waals surface area contributed by atoms with Gasteiger partial charge in [0.15, 0.2) is 0 Å². The summed E-state index contributed by atoms with van der Waals surface area (Å²) >= 11 is 0. The van der Waals surface area contributed by atoms with Crippen LogP contribution in [0.1, 0.15) is 36.6 Å². The maximum absolute atomic E-state index is 12.2. The highest BCUT2D eigenvalue weighted by molar-refractivity contribution is 5.91. The van der Waals surface area contributed by atoms with Gasteiger partial charge in [0, 0.05) is 13.1 Å². The fourth-order valence-electron chi connectivity index (χ4n) is 2.97. The van der Waals surface area contributed by atoms with Crippen molar-refractivity contribution in [2.75, 3.05) is 23.3 Å². The second-order valence-electron chi connectivity index (χ2n) is 6.18. The van der Waals surface area contributed by atoms with E-state index in [2.05, 4.69) is 15.2 Å². The van der Waals surface area contributed by atoms with Gasteiger partial charge in [0.05, 0.1) is 23.9 Å². The molecule has 5 nitrogen and oxygen atoms in total. The fourth-order valence-corrected chi connectivity index (χ4v) is 2.97. The number of carbonyl (C=O) groups is 1. The van der Waals surface area contributed by atoms with E-state index in [1.807, 2.05) is 49.4 Å². The molecule has 1 fully saturated rings. The number of nitrogens with zero attached hydrogens (tertiary/aromatic N) is 2. The Hall–Kier alpha value is -2.40. The molecule has 3 rings (SSSR count). The normalized spacial score (nSPS) is 15.3. The van der Waals surface area contributed by atoms with Crippen LogP contribution < -0.4 is 10.2 Å². The first kappa shape index (κ1) is 16.5. The SMILES string of the molecule is Cc1nc(N2CCCC2)ccc1NC(=O)CC(O)c1ccccc1. The third-order valence-electron chi connectivity index (χ3n) is 4.34. The number of carbonyl (C=O) groups excluding carboxylic acids is 1. The van der Waals surface area contributed by atoms with Gasteiger partial charge < -0.3 is 15.3 Å². The molecule has 1 aromatic carbocycles. The predicted octanol–water partition coefficient (Wildman–Crippen LogP) is 3.05. The van der Waals surface area contributed by atoms with Gasteiger partial charge in [-0.05, 0) is 37.5 Å². The summed E-state index contributed by atoms with van der Waals surface area (Å²) in [7, 11) is 0. The molecule has 24 heavy (non-hydrogen) atoms. The van der Waals surface area contributed by atoms with Gasteiger partial charge in [-0.3, -0.25) is 4.79 Å². The van der Waals surface area contributed by atoms with Crippen LogP contribution in [0, 0.1) is 6.92 Å². The lowest BCUT2D eigenvalue weighted by Crippen LogP contribution is -2.20. The number of anilines is 2. The van der Waals surface area contributed by atoms with Gasteiger partial charge in [-0.15, -0.1) is 0 Å². The molecule has 2 aromatic rings. The Morgan fingerprint density at radius 1 is 1.21 bits per heavy atom. The number of benzene rings is 1. The summed E-state index contributed by atoms with van der Waals surface area (Å²) in [6.07, 6.45) is 1.63. The Bertz CT molecular complexity index is 697. The first-order valence-corrected chi connectivity index (χ1v) is 8.39. The van der Waals surface area contributed by atoms with E-state index < -0.39 is 6.10 Å². The van der Waals surface area contributed by atoms with E-state index in [4.69, 9.17) is 0 Å². The molecular formula is C19H23N3O2. The summed E-state index contributed by atoms with van der Waals surface area (Å²) in [6.45, 7) is 3.98. The summed E-state index contributed by atoms with van der Waals surface area (Å²) in [5, 5.41) is 13.0. The van der Waals surface area contributed by atoms with E-state index >= 15 is 0 Å². The zero-order chi connectivity index (χ0) is 16.9. The lowest BCUT2D eigenvalue weighted by molar-refractivity contribution is -0.118. The molecule has 2 heterocycles. The molecule has 0 spiro atoms. The van der Waals surface area contributed by atoms with Crippen LogP contribution in [0.3, 0.4) is 0 Å². The fraction of sp³-hybridized carbons (Fsp3) is 0.368. The molecule has 0 saturated carbocycles. The third kappa shape index (κ3) is 3.92. The number of pyridine rings is 1. The van der Waals surface area contributed by atoms with Crippen molar-refractivity contribution in [3.8, 4) is 0 Å². The Kier molecular flexibility index (Phi) is 5.11. The monoisotopic (exact) mass is 325 g/mol. The number of amides is 1. The molecule has 1 atom stereocenters. The van der Waals surface area contributed by atoms with Crippen molar-refractivity contribution in [1.29, 1.82) is 0 Å². The molecule has 1 unspecified atom stereocenters. The molecule has 0 aliphatic carbocycles. The molecule has 0 bridgehead atoms. The smallest absolute Gasteiger partial charge is 0.227 e. The summed E-state index contributed by atoms with van der Waals surface area (Å²) in [5.74, 6) is 0.748. The number of aliphatic hydroxyl groups is 1. The highest BCUT2D eigenvalue weighted by Crippen LogP contribution is 2.23. The van der Waals surface area contributed by atoms with Crippen molar-refractivity contribution in [3.05, 3.63) is 53.7 Å². The molecular weight excluding hydrogens is 302 g/mol. The largest absolute Gasteiger partial charge is 0.388 e. The predicted molar refractivity (Wildman–Crippen MR) is 95.1 cm³/mol. The summed E-state index contributed by atoms with van der Waals surface area (Å²) < 4.78 is 0. The van der Waals surface area contributed by atoms with Crippen LogP contribution in [0.15, 0.2) is 42.5 Å². The zero-order valence-corrected chi connectivity index (χ0v) is 13.9. The standard InChI is InChI=1S/C19H23N3O2/c1-14-16(9-10-18(20-14)22-11-5-6-12-22)21-19(24)13-17(23)15-7-3-2-4-8-15/h2-4,7-10,17,23H,5-6,11-13H2,1H3,(H,21,24). The second-order valence-corrected chi connectivity index (χ2v) is 6.18. The summed E-state index contributed by atoms with van der Waals surface area (Å²) in [4.78, 5) is 19.0. The van der Waals surface area contributed by atoms with Gasteiger partial charge in [0.2, 0.25) is 5.91 Å². The summed E-state index contributed by atoms with van der Waals surface area (Å²) in [5.41, 5.74) is 2.23. The zero-order valence-electron chi connectivity index (χ0n) is 13.9. The Labute approximate surface area is 142 Å². The van der Waals surface area contributed by atoms with Crippen molar-refractivity contribution < 1.29 is 9.90 Å². The number of aromatic nitrogens is 1. The first-order chi connectivity index (χ1) is 11.6. The van der Waals surface area contributed by atoms with Crippen molar-refractivity contribution in [2.24, 2.45) is 0 Å². The van der Waals surface area contributed by atoms with Gasteiger partial charge in [-0.25, -0.2) is 4.98 Å². The number of rotatable bonds is 5. The van der Waals surface area contributed by atoms with E-state index in [1.54, 1.807) is 0 Å². The van der Waals surface area contributed by atoms with Gasteiger partial charge in [0.1, 0.15) is 5.82 Å². The topological polar surface area (TPSA) is 65.5 Å². The average Bonchev–Trinajstić information content (AvgIpc) is 3.12. The van der Waals surface area contributed by atoms with Gasteiger partial charge in [-0.1, -0.05) is 30.3 Å².